The Bertz CT molecular complexity index is 604. The van der Waals surface area contributed by atoms with Gasteiger partial charge in [-0.2, -0.15) is 0 Å². The van der Waals surface area contributed by atoms with Crippen LogP contribution in [0.25, 0.3) is 0 Å². The number of carbonyl (C=O) groups excluding carboxylic acids is 1. The molecule has 2 aromatic rings. The van der Waals surface area contributed by atoms with Crippen LogP contribution in [0.4, 0.5) is 0 Å². The Kier molecular flexibility index (Phi) is 4.90. The smallest absolute Gasteiger partial charge is 0.224 e. The van der Waals surface area contributed by atoms with Gasteiger partial charge in [-0.05, 0) is 31.9 Å². The molecule has 0 radical (unpaired) electrons. The summed E-state index contributed by atoms with van der Waals surface area (Å²) < 4.78 is 0. The molecule has 0 unspecified atom stereocenters. The van der Waals surface area contributed by atoms with Gasteiger partial charge in [-0.25, -0.2) is 4.98 Å². The van der Waals surface area contributed by atoms with Gasteiger partial charge in [-0.1, -0.05) is 24.3 Å². The van der Waals surface area contributed by atoms with Gasteiger partial charge in [0.1, 0.15) is 0 Å². The first-order valence-corrected chi connectivity index (χ1v) is 7.62. The minimum Gasteiger partial charge on any atom is -0.355 e. The van der Waals surface area contributed by atoms with Gasteiger partial charge in [0.15, 0.2) is 0 Å². The molecule has 0 fully saturated rings. The second-order valence-electron chi connectivity index (χ2n) is 4.94. The maximum absolute atomic E-state index is 11.9. The summed E-state index contributed by atoms with van der Waals surface area (Å²) in [7, 11) is 0. The van der Waals surface area contributed by atoms with E-state index in [9.17, 15) is 4.79 Å². The molecule has 1 heterocycles. The van der Waals surface area contributed by atoms with Crippen LogP contribution in [-0.2, 0) is 17.6 Å². The zero-order valence-corrected chi connectivity index (χ0v) is 13.0. The third-order valence-electron chi connectivity index (χ3n) is 3.29. The number of rotatable bonds is 5. The van der Waals surface area contributed by atoms with Gasteiger partial charge >= 0.3 is 0 Å². The molecule has 0 atom stereocenters. The van der Waals surface area contributed by atoms with E-state index in [0.717, 1.165) is 28.2 Å². The topological polar surface area (TPSA) is 42.0 Å². The van der Waals surface area contributed by atoms with Gasteiger partial charge in [0.25, 0.3) is 0 Å². The van der Waals surface area contributed by atoms with Gasteiger partial charge in [-0.3, -0.25) is 4.79 Å². The molecular weight excluding hydrogens is 268 g/mol. The average molecular weight is 288 g/mol. The number of aromatic nitrogens is 1. The van der Waals surface area contributed by atoms with E-state index in [1.165, 1.54) is 4.88 Å². The number of aryl methyl sites for hydroxylation is 3. The van der Waals surface area contributed by atoms with Gasteiger partial charge in [0, 0.05) is 17.8 Å². The van der Waals surface area contributed by atoms with Crippen LogP contribution in [0.15, 0.2) is 24.3 Å². The number of nitrogens with one attached hydrogen (secondary N) is 1. The Morgan fingerprint density at radius 3 is 2.65 bits per heavy atom. The monoisotopic (exact) mass is 288 g/mol. The second-order valence-corrected chi connectivity index (χ2v) is 6.23. The van der Waals surface area contributed by atoms with Crippen LogP contribution in [-0.4, -0.2) is 17.4 Å². The fourth-order valence-corrected chi connectivity index (χ4v) is 3.10. The highest BCUT2D eigenvalue weighted by molar-refractivity contribution is 7.11. The minimum atomic E-state index is 0.0817. The van der Waals surface area contributed by atoms with Crippen LogP contribution >= 0.6 is 11.3 Å². The van der Waals surface area contributed by atoms with Crippen LogP contribution in [0.2, 0.25) is 0 Å². The van der Waals surface area contributed by atoms with Crippen molar-refractivity contribution in [1.82, 2.24) is 10.3 Å². The molecule has 0 aliphatic carbocycles. The molecule has 4 heteroatoms. The molecule has 106 valence electrons. The predicted octanol–water partition coefficient (Wildman–Crippen LogP) is 2.97. The first-order chi connectivity index (χ1) is 9.56. The fraction of sp³-hybridized carbons (Fsp3) is 0.375. The number of amides is 1. The number of benzene rings is 1. The van der Waals surface area contributed by atoms with E-state index in [4.69, 9.17) is 0 Å². The van der Waals surface area contributed by atoms with E-state index in [1.807, 2.05) is 45.0 Å². The summed E-state index contributed by atoms with van der Waals surface area (Å²) in [5, 5.41) is 4.07. The largest absolute Gasteiger partial charge is 0.355 e. The zero-order valence-electron chi connectivity index (χ0n) is 12.2. The Morgan fingerprint density at radius 1 is 1.25 bits per heavy atom. The Labute approximate surface area is 124 Å². The van der Waals surface area contributed by atoms with E-state index < -0.39 is 0 Å². The molecule has 0 saturated heterocycles. The summed E-state index contributed by atoms with van der Waals surface area (Å²) in [6, 6.07) is 8.00. The molecule has 20 heavy (non-hydrogen) atoms. The maximum atomic E-state index is 11.9. The van der Waals surface area contributed by atoms with E-state index in [0.29, 0.717) is 13.0 Å². The maximum Gasteiger partial charge on any atom is 0.224 e. The number of thiazole rings is 1. The molecule has 0 aliphatic rings. The molecule has 1 N–H and O–H groups in total. The first-order valence-electron chi connectivity index (χ1n) is 6.80. The quantitative estimate of drug-likeness (QED) is 0.919. The highest BCUT2D eigenvalue weighted by Gasteiger charge is 2.07. The highest BCUT2D eigenvalue weighted by Crippen LogP contribution is 2.17. The van der Waals surface area contributed by atoms with Crippen molar-refractivity contribution in [2.45, 2.75) is 33.6 Å². The summed E-state index contributed by atoms with van der Waals surface area (Å²) in [4.78, 5) is 17.6. The zero-order chi connectivity index (χ0) is 14.5. The molecule has 2 rings (SSSR count). The van der Waals surface area contributed by atoms with Crippen molar-refractivity contribution >= 4 is 17.2 Å². The summed E-state index contributed by atoms with van der Waals surface area (Å²) in [6.45, 7) is 6.74. The van der Waals surface area contributed by atoms with Gasteiger partial charge in [-0.15, -0.1) is 11.3 Å². The van der Waals surface area contributed by atoms with Crippen LogP contribution in [0.3, 0.4) is 0 Å². The van der Waals surface area contributed by atoms with E-state index in [1.54, 1.807) is 11.3 Å². The minimum absolute atomic E-state index is 0.0817. The molecule has 0 bridgehead atoms. The third kappa shape index (κ3) is 3.90. The first kappa shape index (κ1) is 14.7. The third-order valence-corrected chi connectivity index (χ3v) is 4.42. The Hall–Kier alpha value is -1.68. The summed E-state index contributed by atoms with van der Waals surface area (Å²) in [6.07, 6.45) is 1.31. The van der Waals surface area contributed by atoms with Crippen molar-refractivity contribution in [3.63, 3.8) is 0 Å². The Morgan fingerprint density at radius 2 is 2.00 bits per heavy atom. The molecule has 0 saturated carbocycles. The predicted molar refractivity (Wildman–Crippen MR) is 83.2 cm³/mol. The van der Waals surface area contributed by atoms with Crippen molar-refractivity contribution in [3.05, 3.63) is 51.0 Å². The lowest BCUT2D eigenvalue weighted by molar-refractivity contribution is -0.120. The lowest BCUT2D eigenvalue weighted by atomic mass is 10.1. The van der Waals surface area contributed by atoms with Crippen LogP contribution < -0.4 is 5.32 Å². The number of carbonyl (C=O) groups is 1. The van der Waals surface area contributed by atoms with Gasteiger partial charge in [0.05, 0.1) is 17.1 Å². The standard InChI is InChI=1S/C16H20N2OS/c1-11-6-4-5-7-14(11)10-16(19)17-9-8-15-12(2)18-13(3)20-15/h4-7H,8-10H2,1-3H3,(H,17,19). The number of hydrogen-bond donors (Lipinski definition) is 1. The van der Waals surface area contributed by atoms with Crippen molar-refractivity contribution in [3.8, 4) is 0 Å². The van der Waals surface area contributed by atoms with Gasteiger partial charge < -0.3 is 5.32 Å². The van der Waals surface area contributed by atoms with E-state index in [-0.39, 0.29) is 5.91 Å². The van der Waals surface area contributed by atoms with Crippen LogP contribution in [0.1, 0.15) is 26.7 Å². The molecule has 0 spiro atoms. The summed E-state index contributed by atoms with van der Waals surface area (Å²) >= 11 is 1.71. The molecule has 1 aromatic carbocycles. The Balaban J connectivity index is 1.81. The normalized spacial score (nSPS) is 10.6. The lowest BCUT2D eigenvalue weighted by Gasteiger charge is -2.07. The average Bonchev–Trinajstić information content (AvgIpc) is 2.71. The molecule has 1 amide bonds. The van der Waals surface area contributed by atoms with Crippen molar-refractivity contribution in [1.29, 1.82) is 0 Å². The van der Waals surface area contributed by atoms with Crippen LogP contribution in [0, 0.1) is 20.8 Å². The second kappa shape index (κ2) is 6.66. The molecule has 1 aromatic heterocycles. The lowest BCUT2D eigenvalue weighted by Crippen LogP contribution is -2.27. The van der Waals surface area contributed by atoms with E-state index in [2.05, 4.69) is 10.3 Å². The van der Waals surface area contributed by atoms with Crippen molar-refractivity contribution in [2.75, 3.05) is 6.54 Å². The van der Waals surface area contributed by atoms with Gasteiger partial charge in [0.2, 0.25) is 5.91 Å². The van der Waals surface area contributed by atoms with Crippen molar-refractivity contribution in [2.24, 2.45) is 0 Å². The van der Waals surface area contributed by atoms with E-state index >= 15 is 0 Å². The fourth-order valence-electron chi connectivity index (χ4n) is 2.16. The van der Waals surface area contributed by atoms with Crippen LogP contribution in [0.5, 0.6) is 0 Å². The molecular formula is C16H20N2OS. The highest BCUT2D eigenvalue weighted by atomic mass is 32.1. The number of hydrogen-bond acceptors (Lipinski definition) is 3. The molecule has 0 aliphatic heterocycles. The molecule has 3 nitrogen and oxygen atoms in total. The summed E-state index contributed by atoms with van der Waals surface area (Å²) in [5.74, 6) is 0.0817. The van der Waals surface area contributed by atoms with Crippen molar-refractivity contribution < 1.29 is 4.79 Å². The SMILES string of the molecule is Cc1nc(C)c(CCNC(=O)Cc2ccccc2C)s1. The summed E-state index contributed by atoms with van der Waals surface area (Å²) in [5.41, 5.74) is 3.34. The number of nitrogens with zero attached hydrogens (tertiary/aromatic N) is 1.